The molecule has 0 aromatic heterocycles. The Hall–Kier alpha value is -1.25. The van der Waals surface area contributed by atoms with Crippen LogP contribution >= 0.6 is 11.8 Å². The summed E-state index contributed by atoms with van der Waals surface area (Å²) in [5.74, 6) is 2.20. The maximum absolute atomic E-state index is 3.67. The Balaban J connectivity index is 1.92. The predicted molar refractivity (Wildman–Crippen MR) is 94.8 cm³/mol. The highest BCUT2D eigenvalue weighted by Crippen LogP contribution is 2.22. The molecule has 0 radical (unpaired) electrons. The molecule has 0 fully saturated rings. The maximum Gasteiger partial charge on any atom is 0.0411 e. The highest BCUT2D eigenvalue weighted by Gasteiger charge is 2.10. The minimum absolute atomic E-state index is 0.445. The molecule has 0 amide bonds. The van der Waals surface area contributed by atoms with E-state index in [-0.39, 0.29) is 0 Å². The van der Waals surface area contributed by atoms with E-state index in [0.717, 1.165) is 18.1 Å². The second kappa shape index (κ2) is 8.91. The monoisotopic (exact) mass is 299 g/mol. The quantitative estimate of drug-likeness (QED) is 0.738. The first kappa shape index (κ1) is 16.1. The molecule has 0 spiro atoms. The third kappa shape index (κ3) is 5.22. The van der Waals surface area contributed by atoms with Crippen molar-refractivity contribution in [3.05, 3.63) is 71.3 Å². The number of hydrogen-bond donors (Lipinski definition) is 1. The molecule has 21 heavy (non-hydrogen) atoms. The van der Waals surface area contributed by atoms with Gasteiger partial charge in [-0.05, 0) is 36.6 Å². The van der Waals surface area contributed by atoms with Crippen molar-refractivity contribution >= 4 is 11.8 Å². The fourth-order valence-electron chi connectivity index (χ4n) is 2.34. The molecule has 0 aliphatic heterocycles. The molecular weight excluding hydrogens is 274 g/mol. The van der Waals surface area contributed by atoms with Gasteiger partial charge >= 0.3 is 0 Å². The Labute approximate surface area is 133 Å². The summed E-state index contributed by atoms with van der Waals surface area (Å²) in [5.41, 5.74) is 4.23. The standard InChI is InChI=1S/C19H25NS/c1-3-13-20-19(17-10-5-4-6-11-17)15-21-14-18-12-8-7-9-16(18)2/h4-12,19-20H,3,13-15H2,1-2H3. The van der Waals surface area contributed by atoms with Crippen molar-refractivity contribution in [3.63, 3.8) is 0 Å². The lowest BCUT2D eigenvalue weighted by Gasteiger charge is -2.19. The summed E-state index contributed by atoms with van der Waals surface area (Å²) < 4.78 is 0. The molecule has 1 N–H and O–H groups in total. The zero-order valence-electron chi connectivity index (χ0n) is 13.0. The third-order valence-corrected chi connectivity index (χ3v) is 4.73. The van der Waals surface area contributed by atoms with Crippen LogP contribution in [-0.4, -0.2) is 12.3 Å². The van der Waals surface area contributed by atoms with Crippen molar-refractivity contribution in [1.82, 2.24) is 5.32 Å². The van der Waals surface area contributed by atoms with Crippen molar-refractivity contribution in [2.45, 2.75) is 32.1 Å². The van der Waals surface area contributed by atoms with Crippen LogP contribution < -0.4 is 5.32 Å². The number of benzene rings is 2. The van der Waals surface area contributed by atoms with Gasteiger partial charge in [0.05, 0.1) is 0 Å². The van der Waals surface area contributed by atoms with Crippen LogP contribution in [-0.2, 0) is 5.75 Å². The van der Waals surface area contributed by atoms with Gasteiger partial charge < -0.3 is 5.32 Å². The van der Waals surface area contributed by atoms with Crippen LogP contribution in [0.4, 0.5) is 0 Å². The molecule has 1 atom stereocenters. The van der Waals surface area contributed by atoms with E-state index in [2.05, 4.69) is 73.8 Å². The van der Waals surface area contributed by atoms with Gasteiger partial charge in [0.25, 0.3) is 0 Å². The molecular formula is C19H25NS. The fraction of sp³-hybridized carbons (Fsp3) is 0.368. The molecule has 2 heteroatoms. The topological polar surface area (TPSA) is 12.0 Å². The van der Waals surface area contributed by atoms with Crippen LogP contribution in [0.25, 0.3) is 0 Å². The summed E-state index contributed by atoms with van der Waals surface area (Å²) in [5, 5.41) is 3.67. The first-order chi connectivity index (χ1) is 10.3. The maximum atomic E-state index is 3.67. The number of aryl methyl sites for hydroxylation is 1. The SMILES string of the molecule is CCCNC(CSCc1ccccc1C)c1ccccc1. The van der Waals surface area contributed by atoms with E-state index < -0.39 is 0 Å². The lowest BCUT2D eigenvalue weighted by Crippen LogP contribution is -2.24. The van der Waals surface area contributed by atoms with Crippen molar-refractivity contribution in [2.24, 2.45) is 0 Å². The summed E-state index contributed by atoms with van der Waals surface area (Å²) in [6.45, 7) is 5.49. The van der Waals surface area contributed by atoms with Crippen LogP contribution in [0, 0.1) is 6.92 Å². The number of thioether (sulfide) groups is 1. The molecule has 0 bridgehead atoms. The summed E-state index contributed by atoms with van der Waals surface area (Å²) in [4.78, 5) is 0. The molecule has 2 aromatic carbocycles. The lowest BCUT2D eigenvalue weighted by molar-refractivity contribution is 0.577. The number of nitrogens with one attached hydrogen (secondary N) is 1. The van der Waals surface area contributed by atoms with E-state index in [1.54, 1.807) is 0 Å². The van der Waals surface area contributed by atoms with Gasteiger partial charge in [0.1, 0.15) is 0 Å². The Morgan fingerprint density at radius 1 is 1.00 bits per heavy atom. The normalized spacial score (nSPS) is 12.3. The van der Waals surface area contributed by atoms with Crippen LogP contribution in [0.5, 0.6) is 0 Å². The van der Waals surface area contributed by atoms with Crippen LogP contribution in [0.1, 0.15) is 36.1 Å². The van der Waals surface area contributed by atoms with Crippen LogP contribution in [0.15, 0.2) is 54.6 Å². The lowest BCUT2D eigenvalue weighted by atomic mass is 10.1. The van der Waals surface area contributed by atoms with Crippen molar-refractivity contribution in [2.75, 3.05) is 12.3 Å². The first-order valence-corrected chi connectivity index (χ1v) is 8.87. The van der Waals surface area contributed by atoms with Gasteiger partial charge in [0.15, 0.2) is 0 Å². The largest absolute Gasteiger partial charge is 0.309 e. The van der Waals surface area contributed by atoms with Gasteiger partial charge in [0.2, 0.25) is 0 Å². The smallest absolute Gasteiger partial charge is 0.0411 e. The number of hydrogen-bond acceptors (Lipinski definition) is 2. The van der Waals surface area contributed by atoms with Gasteiger partial charge in [0, 0.05) is 17.5 Å². The van der Waals surface area contributed by atoms with E-state index in [1.165, 1.54) is 23.1 Å². The van der Waals surface area contributed by atoms with E-state index in [4.69, 9.17) is 0 Å². The van der Waals surface area contributed by atoms with E-state index in [9.17, 15) is 0 Å². The Morgan fingerprint density at radius 3 is 2.43 bits per heavy atom. The molecule has 0 saturated carbocycles. The van der Waals surface area contributed by atoms with Gasteiger partial charge in [-0.3, -0.25) is 0 Å². The molecule has 0 saturated heterocycles. The van der Waals surface area contributed by atoms with Crippen molar-refractivity contribution in [1.29, 1.82) is 0 Å². The van der Waals surface area contributed by atoms with E-state index >= 15 is 0 Å². The second-order valence-corrected chi connectivity index (χ2v) is 6.39. The summed E-state index contributed by atoms with van der Waals surface area (Å²) in [7, 11) is 0. The molecule has 0 aliphatic carbocycles. The minimum Gasteiger partial charge on any atom is -0.309 e. The molecule has 2 rings (SSSR count). The molecule has 2 aromatic rings. The highest BCUT2D eigenvalue weighted by molar-refractivity contribution is 7.98. The average molecular weight is 299 g/mol. The Bertz CT molecular complexity index is 524. The van der Waals surface area contributed by atoms with Gasteiger partial charge in [-0.25, -0.2) is 0 Å². The average Bonchev–Trinajstić information content (AvgIpc) is 2.53. The third-order valence-electron chi connectivity index (χ3n) is 3.65. The predicted octanol–water partition coefficient (Wildman–Crippen LogP) is 4.97. The van der Waals surface area contributed by atoms with Crippen molar-refractivity contribution in [3.8, 4) is 0 Å². The first-order valence-electron chi connectivity index (χ1n) is 7.72. The Morgan fingerprint density at radius 2 is 1.71 bits per heavy atom. The van der Waals surface area contributed by atoms with Crippen LogP contribution in [0.2, 0.25) is 0 Å². The highest BCUT2D eigenvalue weighted by atomic mass is 32.2. The zero-order valence-corrected chi connectivity index (χ0v) is 13.8. The molecule has 1 unspecified atom stereocenters. The molecule has 0 heterocycles. The zero-order chi connectivity index (χ0) is 14.9. The second-order valence-electron chi connectivity index (χ2n) is 5.36. The minimum atomic E-state index is 0.445. The van der Waals surface area contributed by atoms with E-state index in [0.29, 0.717) is 6.04 Å². The summed E-state index contributed by atoms with van der Waals surface area (Å²) in [6, 6.07) is 19.9. The molecule has 1 nitrogen and oxygen atoms in total. The van der Waals surface area contributed by atoms with Crippen molar-refractivity contribution < 1.29 is 0 Å². The number of rotatable bonds is 8. The fourth-order valence-corrected chi connectivity index (χ4v) is 3.54. The van der Waals surface area contributed by atoms with E-state index in [1.807, 2.05) is 11.8 Å². The molecule has 0 aliphatic rings. The Kier molecular flexibility index (Phi) is 6.84. The van der Waals surface area contributed by atoms with Gasteiger partial charge in [-0.15, -0.1) is 0 Å². The summed E-state index contributed by atoms with van der Waals surface area (Å²) in [6.07, 6.45) is 1.17. The molecule has 112 valence electrons. The van der Waals surface area contributed by atoms with Crippen LogP contribution in [0.3, 0.4) is 0 Å². The van der Waals surface area contributed by atoms with Gasteiger partial charge in [-0.1, -0.05) is 61.5 Å². The summed E-state index contributed by atoms with van der Waals surface area (Å²) >= 11 is 2.01. The van der Waals surface area contributed by atoms with Gasteiger partial charge in [-0.2, -0.15) is 11.8 Å².